The first-order chi connectivity index (χ1) is 14.0. The molecule has 0 radical (unpaired) electrons. The lowest BCUT2D eigenvalue weighted by atomic mass is 10.1. The number of nitrogens with zero attached hydrogens (tertiary/aromatic N) is 2. The summed E-state index contributed by atoms with van der Waals surface area (Å²) in [6.45, 7) is 2.07. The number of carbonyl (C=O) groups is 1. The van der Waals surface area contributed by atoms with E-state index in [1.165, 1.54) is 24.4 Å². The van der Waals surface area contributed by atoms with Crippen LogP contribution in [0.3, 0.4) is 0 Å². The van der Waals surface area contributed by atoms with Gasteiger partial charge in [-0.25, -0.2) is 5.43 Å². The van der Waals surface area contributed by atoms with E-state index in [0.717, 1.165) is 16.9 Å². The zero-order valence-electron chi connectivity index (χ0n) is 15.7. The zero-order chi connectivity index (χ0) is 20.6. The predicted molar refractivity (Wildman–Crippen MR) is 110 cm³/mol. The van der Waals surface area contributed by atoms with Crippen molar-refractivity contribution in [3.8, 4) is 5.75 Å². The van der Waals surface area contributed by atoms with Crippen molar-refractivity contribution in [2.75, 3.05) is 0 Å². The van der Waals surface area contributed by atoms with E-state index in [-0.39, 0.29) is 5.69 Å². The highest BCUT2D eigenvalue weighted by Gasteiger charge is 2.13. The lowest BCUT2D eigenvalue weighted by molar-refractivity contribution is -0.385. The third-order valence-corrected chi connectivity index (χ3v) is 4.16. The van der Waals surface area contributed by atoms with Gasteiger partial charge in [-0.2, -0.15) is 5.10 Å². The number of carbonyl (C=O) groups excluding carboxylic acids is 1. The van der Waals surface area contributed by atoms with Crippen LogP contribution in [0.5, 0.6) is 5.75 Å². The second-order valence-electron chi connectivity index (χ2n) is 6.30. The number of amides is 1. The zero-order valence-corrected chi connectivity index (χ0v) is 15.7. The number of nitro groups is 1. The molecule has 0 spiro atoms. The first-order valence-corrected chi connectivity index (χ1v) is 8.88. The number of hydrogen-bond acceptors (Lipinski definition) is 5. The lowest BCUT2D eigenvalue weighted by Crippen LogP contribution is -2.17. The maximum atomic E-state index is 12.1. The van der Waals surface area contributed by atoms with Crippen LogP contribution < -0.4 is 10.2 Å². The van der Waals surface area contributed by atoms with Gasteiger partial charge in [0.2, 0.25) is 0 Å². The predicted octanol–water partition coefficient (Wildman–Crippen LogP) is 4.25. The highest BCUT2D eigenvalue weighted by atomic mass is 16.6. The Balaban J connectivity index is 1.54. The summed E-state index contributed by atoms with van der Waals surface area (Å²) in [5.74, 6) is 0.290. The molecule has 1 amide bonds. The minimum atomic E-state index is -0.484. The molecule has 0 atom stereocenters. The van der Waals surface area contributed by atoms with Crippen molar-refractivity contribution in [3.63, 3.8) is 0 Å². The summed E-state index contributed by atoms with van der Waals surface area (Å²) < 4.78 is 5.72. The van der Waals surface area contributed by atoms with Gasteiger partial charge in [-0.15, -0.1) is 0 Å². The number of nitrogens with one attached hydrogen (secondary N) is 1. The molecule has 3 aromatic rings. The average Bonchev–Trinajstić information content (AvgIpc) is 2.73. The molecule has 0 saturated heterocycles. The Bertz CT molecular complexity index is 1030. The molecule has 0 aliphatic carbocycles. The van der Waals surface area contributed by atoms with Crippen LogP contribution in [0, 0.1) is 17.0 Å². The van der Waals surface area contributed by atoms with Crippen molar-refractivity contribution >= 4 is 17.8 Å². The summed E-state index contributed by atoms with van der Waals surface area (Å²) in [6.07, 6.45) is 1.51. The first kappa shape index (κ1) is 19.8. The first-order valence-electron chi connectivity index (χ1n) is 8.88. The van der Waals surface area contributed by atoms with E-state index in [4.69, 9.17) is 4.74 Å². The Labute approximate surface area is 167 Å². The van der Waals surface area contributed by atoms with Gasteiger partial charge in [-0.1, -0.05) is 30.3 Å². The van der Waals surface area contributed by atoms with Gasteiger partial charge >= 0.3 is 0 Å². The van der Waals surface area contributed by atoms with Gasteiger partial charge in [0.25, 0.3) is 11.6 Å². The second-order valence-corrected chi connectivity index (χ2v) is 6.30. The van der Waals surface area contributed by atoms with Crippen LogP contribution in [0.4, 0.5) is 5.69 Å². The standard InChI is InChI=1S/C22H19N3O4/c1-16-13-19(9-12-21(16)25(27)28)22(26)24-23-14-17-7-10-20(11-8-17)29-15-18-5-3-2-4-6-18/h2-14H,15H2,1H3,(H,24,26)/b23-14+. The van der Waals surface area contributed by atoms with Gasteiger partial charge in [-0.05, 0) is 54.4 Å². The van der Waals surface area contributed by atoms with Gasteiger partial charge in [0.1, 0.15) is 12.4 Å². The maximum absolute atomic E-state index is 12.1. The number of nitro benzene ring substituents is 1. The van der Waals surface area contributed by atoms with Crippen LogP contribution in [0.1, 0.15) is 27.0 Å². The van der Waals surface area contributed by atoms with Crippen molar-refractivity contribution in [3.05, 3.63) is 105 Å². The van der Waals surface area contributed by atoms with Crippen molar-refractivity contribution in [2.24, 2.45) is 5.10 Å². The van der Waals surface area contributed by atoms with E-state index in [9.17, 15) is 14.9 Å². The molecule has 29 heavy (non-hydrogen) atoms. The quantitative estimate of drug-likeness (QED) is 0.371. The number of ether oxygens (including phenoxy) is 1. The molecule has 1 N–H and O–H groups in total. The molecule has 0 aliphatic rings. The monoisotopic (exact) mass is 389 g/mol. The molecule has 3 rings (SSSR count). The Morgan fingerprint density at radius 1 is 1.10 bits per heavy atom. The topological polar surface area (TPSA) is 93.8 Å². The fourth-order valence-corrected chi connectivity index (χ4v) is 2.62. The highest BCUT2D eigenvalue weighted by molar-refractivity contribution is 5.95. The molecule has 7 heteroatoms. The Morgan fingerprint density at radius 2 is 1.83 bits per heavy atom. The SMILES string of the molecule is Cc1cc(C(=O)N/N=C/c2ccc(OCc3ccccc3)cc2)ccc1[N+](=O)[O-]. The van der Waals surface area contributed by atoms with E-state index >= 15 is 0 Å². The third kappa shape index (κ3) is 5.49. The van der Waals surface area contributed by atoms with Crippen LogP contribution in [-0.2, 0) is 6.61 Å². The number of hydrogen-bond donors (Lipinski definition) is 1. The molecular formula is C22H19N3O4. The molecule has 3 aromatic carbocycles. The maximum Gasteiger partial charge on any atom is 0.272 e. The highest BCUT2D eigenvalue weighted by Crippen LogP contribution is 2.18. The molecule has 0 aliphatic heterocycles. The smallest absolute Gasteiger partial charge is 0.272 e. The molecular weight excluding hydrogens is 370 g/mol. The summed E-state index contributed by atoms with van der Waals surface area (Å²) in [4.78, 5) is 22.5. The number of benzene rings is 3. The molecule has 0 fully saturated rings. The summed E-state index contributed by atoms with van der Waals surface area (Å²) in [5, 5.41) is 14.8. The Morgan fingerprint density at radius 3 is 2.48 bits per heavy atom. The van der Waals surface area contributed by atoms with E-state index in [0.29, 0.717) is 17.7 Å². The van der Waals surface area contributed by atoms with Crippen LogP contribution in [0.15, 0.2) is 77.9 Å². The van der Waals surface area contributed by atoms with Gasteiger partial charge in [0, 0.05) is 17.2 Å². The fraction of sp³-hybridized carbons (Fsp3) is 0.0909. The molecule has 0 bridgehead atoms. The van der Waals surface area contributed by atoms with E-state index in [2.05, 4.69) is 10.5 Å². The van der Waals surface area contributed by atoms with Crippen LogP contribution >= 0.6 is 0 Å². The molecule has 0 aromatic heterocycles. The minimum absolute atomic E-state index is 0.0281. The van der Waals surface area contributed by atoms with Gasteiger partial charge in [0.15, 0.2) is 0 Å². The molecule has 7 nitrogen and oxygen atoms in total. The van der Waals surface area contributed by atoms with E-state index in [1.807, 2.05) is 54.6 Å². The van der Waals surface area contributed by atoms with Gasteiger partial charge in [-0.3, -0.25) is 14.9 Å². The molecule has 146 valence electrons. The molecule has 0 heterocycles. The van der Waals surface area contributed by atoms with Crippen LogP contribution in [0.2, 0.25) is 0 Å². The second kappa shape index (κ2) is 9.27. The van der Waals surface area contributed by atoms with E-state index < -0.39 is 10.8 Å². The molecule has 0 unspecified atom stereocenters. The number of hydrazone groups is 1. The summed E-state index contributed by atoms with van der Waals surface area (Å²) in [7, 11) is 0. The fourth-order valence-electron chi connectivity index (χ4n) is 2.62. The van der Waals surface area contributed by atoms with Crippen LogP contribution in [0.25, 0.3) is 0 Å². The van der Waals surface area contributed by atoms with Gasteiger partial charge < -0.3 is 4.74 Å². The number of rotatable bonds is 7. The van der Waals surface area contributed by atoms with Crippen LogP contribution in [-0.4, -0.2) is 17.0 Å². The summed E-state index contributed by atoms with van der Waals surface area (Å²) >= 11 is 0. The Hall–Kier alpha value is -4.00. The normalized spacial score (nSPS) is 10.7. The Kier molecular flexibility index (Phi) is 6.32. The number of aryl methyl sites for hydroxylation is 1. The third-order valence-electron chi connectivity index (χ3n) is 4.16. The summed E-state index contributed by atoms with van der Waals surface area (Å²) in [6, 6.07) is 21.3. The largest absolute Gasteiger partial charge is 0.489 e. The molecule has 0 saturated carbocycles. The van der Waals surface area contributed by atoms with E-state index in [1.54, 1.807) is 6.92 Å². The summed E-state index contributed by atoms with van der Waals surface area (Å²) in [5.41, 5.74) is 4.98. The van der Waals surface area contributed by atoms with Crippen molar-refractivity contribution in [1.82, 2.24) is 5.43 Å². The van der Waals surface area contributed by atoms with Gasteiger partial charge in [0.05, 0.1) is 11.1 Å². The minimum Gasteiger partial charge on any atom is -0.489 e. The lowest BCUT2D eigenvalue weighted by Gasteiger charge is -2.06. The van der Waals surface area contributed by atoms with Crippen molar-refractivity contribution in [2.45, 2.75) is 13.5 Å². The van der Waals surface area contributed by atoms with Crippen molar-refractivity contribution < 1.29 is 14.5 Å². The van der Waals surface area contributed by atoms with Crippen molar-refractivity contribution in [1.29, 1.82) is 0 Å². The average molecular weight is 389 g/mol.